The number of hydrogen-bond acceptors (Lipinski definition) is 7. The van der Waals surface area contributed by atoms with Gasteiger partial charge in [-0.2, -0.15) is 0 Å². The topological polar surface area (TPSA) is 176 Å². The first kappa shape index (κ1) is 16.6. The molecule has 5 N–H and O–H groups in total. The highest BCUT2D eigenvalue weighted by Gasteiger charge is 2.52. The predicted molar refractivity (Wildman–Crippen MR) is 63.3 cm³/mol. The zero-order chi connectivity index (χ0) is 15.5. The number of carbonyl (C=O) groups is 1. The summed E-state index contributed by atoms with van der Waals surface area (Å²) in [5.74, 6) is -4.99. The largest absolute Gasteiger partial charge is 0.477 e. The summed E-state index contributed by atoms with van der Waals surface area (Å²) in [6, 6.07) is -0.944. The fourth-order valence-corrected chi connectivity index (χ4v) is 2.13. The van der Waals surface area contributed by atoms with E-state index in [1.54, 1.807) is 0 Å². The van der Waals surface area contributed by atoms with Gasteiger partial charge in [0.25, 0.3) is 5.79 Å². The van der Waals surface area contributed by atoms with Crippen molar-refractivity contribution in [3.05, 3.63) is 10.4 Å². The molecule has 0 radical (unpaired) electrons. The van der Waals surface area contributed by atoms with Crippen LogP contribution in [0.3, 0.4) is 0 Å². The zero-order valence-electron chi connectivity index (χ0n) is 10.7. The standard InChI is InChI=1S/C10H17N3O7/c1-4-5(12-13-11)2-10(19,9(17)18)20-8(4)7(16)6(15)3-14/h4-8,14-16,19H,2-3H2,1H3,(H,17,18)/t4-,5-,6-,7-,8?,10+/m1/s1. The fraction of sp³-hybridized carbons (Fsp3) is 0.900. The first-order valence-corrected chi connectivity index (χ1v) is 5.91. The van der Waals surface area contributed by atoms with Crippen molar-refractivity contribution >= 4 is 5.97 Å². The van der Waals surface area contributed by atoms with Gasteiger partial charge in [-0.15, -0.1) is 0 Å². The van der Waals surface area contributed by atoms with E-state index in [2.05, 4.69) is 10.0 Å². The second-order valence-corrected chi connectivity index (χ2v) is 4.75. The van der Waals surface area contributed by atoms with Crippen LogP contribution in [-0.2, 0) is 9.53 Å². The second kappa shape index (κ2) is 6.35. The summed E-state index contributed by atoms with van der Waals surface area (Å²) in [6.07, 6.45) is -5.02. The predicted octanol–water partition coefficient (Wildman–Crippen LogP) is -1.42. The Kier molecular flexibility index (Phi) is 5.28. The average molecular weight is 291 g/mol. The second-order valence-electron chi connectivity index (χ2n) is 4.75. The molecule has 10 heteroatoms. The Labute approximate surface area is 113 Å². The highest BCUT2D eigenvalue weighted by molar-refractivity contribution is 5.75. The van der Waals surface area contributed by atoms with Gasteiger partial charge >= 0.3 is 5.97 Å². The number of carboxylic acid groups (broad SMARTS) is 1. The number of ether oxygens (including phenoxy) is 1. The van der Waals surface area contributed by atoms with Crippen LogP contribution in [0.2, 0.25) is 0 Å². The molecule has 114 valence electrons. The molecule has 0 amide bonds. The molecule has 1 aliphatic rings. The lowest BCUT2D eigenvalue weighted by Gasteiger charge is -2.43. The molecule has 0 aromatic carbocycles. The Morgan fingerprint density at radius 1 is 1.60 bits per heavy atom. The van der Waals surface area contributed by atoms with E-state index in [-0.39, 0.29) is 0 Å². The van der Waals surface area contributed by atoms with Crippen LogP contribution in [0.1, 0.15) is 13.3 Å². The van der Waals surface area contributed by atoms with Crippen molar-refractivity contribution in [3.8, 4) is 0 Å². The van der Waals surface area contributed by atoms with E-state index in [1.807, 2.05) is 0 Å². The molecule has 1 fully saturated rings. The molecule has 6 atom stereocenters. The molecule has 10 nitrogen and oxygen atoms in total. The van der Waals surface area contributed by atoms with Gasteiger partial charge in [-0.1, -0.05) is 12.0 Å². The summed E-state index contributed by atoms with van der Waals surface area (Å²) >= 11 is 0. The van der Waals surface area contributed by atoms with Crippen molar-refractivity contribution < 1.29 is 35.1 Å². The first-order valence-electron chi connectivity index (χ1n) is 5.91. The number of aliphatic hydroxyl groups is 4. The van der Waals surface area contributed by atoms with Crippen LogP contribution in [0.5, 0.6) is 0 Å². The average Bonchev–Trinajstić information content (AvgIpc) is 2.41. The van der Waals surface area contributed by atoms with Crippen LogP contribution in [0.4, 0.5) is 0 Å². The summed E-state index contributed by atoms with van der Waals surface area (Å²) < 4.78 is 4.96. The van der Waals surface area contributed by atoms with Gasteiger partial charge in [-0.25, -0.2) is 4.79 Å². The van der Waals surface area contributed by atoms with E-state index in [9.17, 15) is 20.1 Å². The van der Waals surface area contributed by atoms with Gasteiger partial charge in [-0.05, 0) is 11.4 Å². The number of azide groups is 1. The maximum Gasteiger partial charge on any atom is 0.364 e. The molecule has 0 aromatic rings. The fourth-order valence-electron chi connectivity index (χ4n) is 2.13. The van der Waals surface area contributed by atoms with E-state index >= 15 is 0 Å². The van der Waals surface area contributed by atoms with Crippen LogP contribution in [0.25, 0.3) is 10.4 Å². The van der Waals surface area contributed by atoms with E-state index in [4.69, 9.17) is 20.5 Å². The van der Waals surface area contributed by atoms with Crippen LogP contribution in [0, 0.1) is 5.92 Å². The van der Waals surface area contributed by atoms with Crippen molar-refractivity contribution in [2.75, 3.05) is 6.61 Å². The van der Waals surface area contributed by atoms with Gasteiger partial charge in [0.1, 0.15) is 12.2 Å². The Bertz CT molecular complexity index is 414. The van der Waals surface area contributed by atoms with Gasteiger partial charge in [0, 0.05) is 17.4 Å². The number of aliphatic carboxylic acids is 1. The molecule has 1 rings (SSSR count). The summed E-state index contributed by atoms with van der Waals surface area (Å²) in [4.78, 5) is 13.6. The molecule has 1 saturated heterocycles. The molecule has 20 heavy (non-hydrogen) atoms. The third kappa shape index (κ3) is 3.18. The number of aliphatic hydroxyl groups excluding tert-OH is 3. The smallest absolute Gasteiger partial charge is 0.364 e. The third-order valence-corrected chi connectivity index (χ3v) is 3.39. The Balaban J connectivity index is 3.08. The molecule has 0 bridgehead atoms. The highest BCUT2D eigenvalue weighted by Crippen LogP contribution is 2.35. The minimum absolute atomic E-state index is 0.480. The molecule has 1 heterocycles. The van der Waals surface area contributed by atoms with E-state index in [0.717, 1.165) is 0 Å². The van der Waals surface area contributed by atoms with Crippen molar-refractivity contribution in [2.45, 2.75) is 43.5 Å². The van der Waals surface area contributed by atoms with Crippen LogP contribution >= 0.6 is 0 Å². The molecule has 0 saturated carbocycles. The van der Waals surface area contributed by atoms with E-state index in [0.29, 0.717) is 0 Å². The molecule has 1 unspecified atom stereocenters. The minimum Gasteiger partial charge on any atom is -0.477 e. The minimum atomic E-state index is -2.63. The van der Waals surface area contributed by atoms with Crippen molar-refractivity contribution in [2.24, 2.45) is 11.0 Å². The van der Waals surface area contributed by atoms with Gasteiger partial charge in [-0.3, -0.25) is 0 Å². The maximum absolute atomic E-state index is 11.0. The van der Waals surface area contributed by atoms with Crippen molar-refractivity contribution in [3.63, 3.8) is 0 Å². The van der Waals surface area contributed by atoms with Crippen LogP contribution < -0.4 is 0 Å². The van der Waals surface area contributed by atoms with Crippen LogP contribution in [0.15, 0.2) is 5.11 Å². The van der Waals surface area contributed by atoms with Crippen LogP contribution in [-0.4, -0.2) is 68.2 Å². The summed E-state index contributed by atoms with van der Waals surface area (Å²) in [5.41, 5.74) is 8.46. The highest BCUT2D eigenvalue weighted by atomic mass is 16.7. The van der Waals surface area contributed by atoms with Crippen molar-refractivity contribution in [1.82, 2.24) is 0 Å². The van der Waals surface area contributed by atoms with Gasteiger partial charge < -0.3 is 30.3 Å². The number of nitrogens with zero attached hydrogens (tertiary/aromatic N) is 3. The van der Waals surface area contributed by atoms with Gasteiger partial charge in [0.05, 0.1) is 12.7 Å². The molecular formula is C10H17N3O7. The number of hydrogen-bond donors (Lipinski definition) is 5. The molecular weight excluding hydrogens is 274 g/mol. The summed E-state index contributed by atoms with van der Waals surface area (Å²) in [7, 11) is 0. The van der Waals surface area contributed by atoms with E-state index in [1.165, 1.54) is 6.92 Å². The quantitative estimate of drug-likeness (QED) is 0.234. The zero-order valence-corrected chi connectivity index (χ0v) is 10.7. The lowest BCUT2D eigenvalue weighted by atomic mass is 9.83. The SMILES string of the molecule is C[C@H]1C([C@H](O)[C@H](O)CO)O[C@](O)(C(=O)O)C[C@H]1N=[N+]=[N-]. The Morgan fingerprint density at radius 3 is 2.65 bits per heavy atom. The molecule has 0 spiro atoms. The van der Waals surface area contributed by atoms with E-state index < -0.39 is 55.1 Å². The Hall–Kier alpha value is -1.42. The summed E-state index contributed by atoms with van der Waals surface area (Å²) in [5, 5.41) is 50.3. The molecule has 1 aliphatic heterocycles. The Morgan fingerprint density at radius 2 is 2.20 bits per heavy atom. The van der Waals surface area contributed by atoms with Gasteiger partial charge in [0.2, 0.25) is 0 Å². The molecule has 0 aromatic heterocycles. The normalized spacial score (nSPS) is 36.8. The third-order valence-electron chi connectivity index (χ3n) is 3.39. The molecule has 0 aliphatic carbocycles. The summed E-state index contributed by atoms with van der Waals surface area (Å²) in [6.45, 7) is 0.740. The lowest BCUT2D eigenvalue weighted by Crippen LogP contribution is -2.59. The monoisotopic (exact) mass is 291 g/mol. The van der Waals surface area contributed by atoms with Crippen molar-refractivity contribution in [1.29, 1.82) is 0 Å². The number of rotatable bonds is 5. The maximum atomic E-state index is 11.0. The first-order chi connectivity index (χ1) is 9.26. The van der Waals surface area contributed by atoms with Gasteiger partial charge in [0.15, 0.2) is 0 Å². The lowest BCUT2D eigenvalue weighted by molar-refractivity contribution is -0.288. The number of carboxylic acids is 1.